The number of hydrogen-bond acceptors (Lipinski definition) is 3. The van der Waals surface area contributed by atoms with Crippen LogP contribution in [-0.4, -0.2) is 28.5 Å². The molecule has 0 spiro atoms. The number of hydrogen-bond donors (Lipinski definition) is 1. The molecule has 1 fully saturated rings. The third-order valence-corrected chi connectivity index (χ3v) is 3.83. The molecule has 1 aromatic heterocycles. The molecule has 0 saturated carbocycles. The van der Waals surface area contributed by atoms with Crippen LogP contribution in [0.3, 0.4) is 0 Å². The Kier molecular flexibility index (Phi) is 4.40. The van der Waals surface area contributed by atoms with Crippen LogP contribution in [0, 0.1) is 0 Å². The zero-order valence-electron chi connectivity index (χ0n) is 11.8. The summed E-state index contributed by atoms with van der Waals surface area (Å²) in [6.07, 6.45) is 5.47. The molecule has 18 heavy (non-hydrogen) atoms. The highest BCUT2D eigenvalue weighted by atomic mass is 16.5. The number of aromatic nitrogens is 2. The van der Waals surface area contributed by atoms with Crippen molar-refractivity contribution in [2.24, 2.45) is 0 Å². The van der Waals surface area contributed by atoms with Crippen molar-refractivity contribution in [2.45, 2.75) is 58.3 Å². The van der Waals surface area contributed by atoms with Crippen molar-refractivity contribution in [3.8, 4) is 0 Å². The summed E-state index contributed by atoms with van der Waals surface area (Å²) in [4.78, 5) is 0. The maximum Gasteiger partial charge on any atom is 0.0914 e. The number of nitrogens with zero attached hydrogens (tertiary/aromatic N) is 2. The fourth-order valence-electron chi connectivity index (χ4n) is 2.29. The van der Waals surface area contributed by atoms with E-state index >= 15 is 0 Å². The van der Waals surface area contributed by atoms with Gasteiger partial charge in [-0.25, -0.2) is 0 Å². The standard InChI is InChI=1S/C14H25N3O/c1-4-12(2)17-9-6-13(16-17)10-18-14(3)7-5-8-15-11-14/h6,9,12,15H,4-5,7-8,10-11H2,1-3H3. The fourth-order valence-corrected chi connectivity index (χ4v) is 2.29. The van der Waals surface area contributed by atoms with E-state index in [9.17, 15) is 0 Å². The SMILES string of the molecule is CCC(C)n1ccc(COC2(C)CCCNC2)n1. The van der Waals surface area contributed by atoms with Crippen molar-refractivity contribution in [1.29, 1.82) is 0 Å². The highest BCUT2D eigenvalue weighted by Gasteiger charge is 2.27. The second-order valence-electron chi connectivity index (χ2n) is 5.56. The topological polar surface area (TPSA) is 39.1 Å². The Morgan fingerprint density at radius 1 is 1.61 bits per heavy atom. The van der Waals surface area contributed by atoms with Gasteiger partial charge in [0.15, 0.2) is 0 Å². The van der Waals surface area contributed by atoms with E-state index in [1.54, 1.807) is 0 Å². The average Bonchev–Trinajstić information content (AvgIpc) is 2.85. The maximum atomic E-state index is 6.04. The van der Waals surface area contributed by atoms with E-state index in [2.05, 4.69) is 37.3 Å². The monoisotopic (exact) mass is 251 g/mol. The minimum absolute atomic E-state index is 0.0294. The second kappa shape index (κ2) is 5.85. The first-order valence-electron chi connectivity index (χ1n) is 7.02. The molecule has 1 aliphatic rings. The highest BCUT2D eigenvalue weighted by Crippen LogP contribution is 2.21. The van der Waals surface area contributed by atoms with Gasteiger partial charge in [-0.15, -0.1) is 0 Å². The molecule has 2 heterocycles. The number of piperidine rings is 1. The molecular formula is C14H25N3O. The molecule has 102 valence electrons. The van der Waals surface area contributed by atoms with Crippen LogP contribution in [0.25, 0.3) is 0 Å². The normalized spacial score (nSPS) is 26.2. The lowest BCUT2D eigenvalue weighted by Crippen LogP contribution is -2.45. The van der Waals surface area contributed by atoms with Crippen molar-refractivity contribution < 1.29 is 4.74 Å². The van der Waals surface area contributed by atoms with Gasteiger partial charge >= 0.3 is 0 Å². The number of nitrogens with one attached hydrogen (secondary N) is 1. The van der Waals surface area contributed by atoms with Crippen LogP contribution in [0.15, 0.2) is 12.3 Å². The molecule has 1 N–H and O–H groups in total. The van der Waals surface area contributed by atoms with Gasteiger partial charge in [0, 0.05) is 18.8 Å². The molecular weight excluding hydrogens is 226 g/mol. The van der Waals surface area contributed by atoms with E-state index in [0.29, 0.717) is 12.6 Å². The molecule has 0 amide bonds. The summed E-state index contributed by atoms with van der Waals surface area (Å²) < 4.78 is 8.07. The summed E-state index contributed by atoms with van der Waals surface area (Å²) in [5.41, 5.74) is 1.00. The smallest absolute Gasteiger partial charge is 0.0914 e. The van der Waals surface area contributed by atoms with Crippen LogP contribution < -0.4 is 5.32 Å². The summed E-state index contributed by atoms with van der Waals surface area (Å²) in [6, 6.07) is 2.52. The first-order valence-corrected chi connectivity index (χ1v) is 7.02. The summed E-state index contributed by atoms with van der Waals surface area (Å²) >= 11 is 0. The summed E-state index contributed by atoms with van der Waals surface area (Å²) in [5.74, 6) is 0. The van der Waals surface area contributed by atoms with Crippen LogP contribution in [-0.2, 0) is 11.3 Å². The molecule has 0 aliphatic carbocycles. The van der Waals surface area contributed by atoms with Gasteiger partial charge in [0.2, 0.25) is 0 Å². The van der Waals surface area contributed by atoms with Crippen LogP contribution in [0.1, 0.15) is 51.8 Å². The molecule has 4 heteroatoms. The molecule has 0 radical (unpaired) electrons. The lowest BCUT2D eigenvalue weighted by molar-refractivity contribution is -0.0585. The van der Waals surface area contributed by atoms with Gasteiger partial charge < -0.3 is 10.1 Å². The second-order valence-corrected chi connectivity index (χ2v) is 5.56. The third kappa shape index (κ3) is 3.33. The Bertz CT molecular complexity index is 369. The van der Waals surface area contributed by atoms with Crippen molar-refractivity contribution in [2.75, 3.05) is 13.1 Å². The third-order valence-electron chi connectivity index (χ3n) is 3.83. The van der Waals surface area contributed by atoms with Crippen LogP contribution >= 0.6 is 0 Å². The zero-order chi connectivity index (χ0) is 13.0. The summed E-state index contributed by atoms with van der Waals surface area (Å²) in [5, 5.41) is 7.96. The first kappa shape index (κ1) is 13.6. The molecule has 2 atom stereocenters. The number of ether oxygens (including phenoxy) is 1. The average molecular weight is 251 g/mol. The quantitative estimate of drug-likeness (QED) is 0.874. The Balaban J connectivity index is 1.87. The Hall–Kier alpha value is -0.870. The van der Waals surface area contributed by atoms with Crippen molar-refractivity contribution in [3.05, 3.63) is 18.0 Å². The van der Waals surface area contributed by atoms with E-state index in [1.807, 2.05) is 10.9 Å². The predicted molar refractivity (Wildman–Crippen MR) is 72.5 cm³/mol. The number of rotatable bonds is 5. The van der Waals surface area contributed by atoms with Crippen molar-refractivity contribution in [1.82, 2.24) is 15.1 Å². The first-order chi connectivity index (χ1) is 8.63. The largest absolute Gasteiger partial charge is 0.368 e. The summed E-state index contributed by atoms with van der Waals surface area (Å²) in [7, 11) is 0. The lowest BCUT2D eigenvalue weighted by atomic mass is 9.96. The Morgan fingerprint density at radius 2 is 2.44 bits per heavy atom. The van der Waals surface area contributed by atoms with Gasteiger partial charge in [0.25, 0.3) is 0 Å². The van der Waals surface area contributed by atoms with Gasteiger partial charge in [-0.2, -0.15) is 5.10 Å². The van der Waals surface area contributed by atoms with Gasteiger partial charge in [0.05, 0.1) is 17.9 Å². The van der Waals surface area contributed by atoms with E-state index < -0.39 is 0 Å². The van der Waals surface area contributed by atoms with E-state index in [-0.39, 0.29) is 5.60 Å². The van der Waals surface area contributed by atoms with Gasteiger partial charge in [0.1, 0.15) is 0 Å². The van der Waals surface area contributed by atoms with E-state index in [4.69, 9.17) is 4.74 Å². The minimum Gasteiger partial charge on any atom is -0.368 e. The van der Waals surface area contributed by atoms with Crippen molar-refractivity contribution in [3.63, 3.8) is 0 Å². The minimum atomic E-state index is -0.0294. The van der Waals surface area contributed by atoms with E-state index in [0.717, 1.165) is 31.6 Å². The Morgan fingerprint density at radius 3 is 3.11 bits per heavy atom. The van der Waals surface area contributed by atoms with E-state index in [1.165, 1.54) is 6.42 Å². The van der Waals surface area contributed by atoms with Gasteiger partial charge in [-0.05, 0) is 45.7 Å². The molecule has 0 aromatic carbocycles. The van der Waals surface area contributed by atoms with Crippen LogP contribution in [0.4, 0.5) is 0 Å². The fraction of sp³-hybridized carbons (Fsp3) is 0.786. The van der Waals surface area contributed by atoms with Gasteiger partial charge in [-0.3, -0.25) is 4.68 Å². The Labute approximate surface area is 110 Å². The van der Waals surface area contributed by atoms with Crippen molar-refractivity contribution >= 4 is 0 Å². The zero-order valence-corrected chi connectivity index (χ0v) is 11.8. The molecule has 4 nitrogen and oxygen atoms in total. The molecule has 1 aromatic rings. The lowest BCUT2D eigenvalue weighted by Gasteiger charge is -2.33. The van der Waals surface area contributed by atoms with Gasteiger partial charge in [-0.1, -0.05) is 6.92 Å². The molecule has 1 aliphatic heterocycles. The summed E-state index contributed by atoms with van der Waals surface area (Å²) in [6.45, 7) is 9.22. The molecule has 0 bridgehead atoms. The molecule has 2 rings (SSSR count). The van der Waals surface area contributed by atoms with Crippen LogP contribution in [0.2, 0.25) is 0 Å². The molecule has 1 saturated heterocycles. The highest BCUT2D eigenvalue weighted by molar-refractivity contribution is 4.98. The molecule has 2 unspecified atom stereocenters. The predicted octanol–water partition coefficient (Wildman–Crippen LogP) is 2.51. The van der Waals surface area contributed by atoms with Crippen LogP contribution in [0.5, 0.6) is 0 Å². The maximum absolute atomic E-state index is 6.04.